The molecule has 0 aliphatic carbocycles. The van der Waals surface area contributed by atoms with Crippen molar-refractivity contribution in [3.8, 4) is 5.75 Å². The molecule has 2 rings (SSSR count). The number of guanidine groups is 1. The fourth-order valence-corrected chi connectivity index (χ4v) is 3.13. The normalized spacial score (nSPS) is 15.8. The lowest BCUT2D eigenvalue weighted by molar-refractivity contribution is -0.0504. The van der Waals surface area contributed by atoms with Crippen LogP contribution in [0.3, 0.4) is 0 Å². The van der Waals surface area contributed by atoms with E-state index in [1.165, 1.54) is 0 Å². The summed E-state index contributed by atoms with van der Waals surface area (Å²) in [7, 11) is 0. The van der Waals surface area contributed by atoms with Gasteiger partial charge in [0.05, 0.1) is 19.8 Å². The lowest BCUT2D eigenvalue weighted by Crippen LogP contribution is -2.56. The van der Waals surface area contributed by atoms with Crippen LogP contribution in [0.2, 0.25) is 0 Å². The highest BCUT2D eigenvalue weighted by Crippen LogP contribution is 2.23. The first-order valence-electron chi connectivity index (χ1n) is 9.71. The molecule has 0 saturated carbocycles. The topological polar surface area (TPSA) is 58.1 Å². The van der Waals surface area contributed by atoms with Crippen LogP contribution in [0, 0.1) is 6.92 Å². The van der Waals surface area contributed by atoms with Crippen LogP contribution in [0.25, 0.3) is 0 Å². The molecule has 0 spiro atoms. The smallest absolute Gasteiger partial charge is 0.387 e. The number of aryl methyl sites for hydroxylation is 1. The van der Waals surface area contributed by atoms with Crippen molar-refractivity contribution < 1.29 is 18.3 Å². The van der Waals surface area contributed by atoms with Gasteiger partial charge in [-0.1, -0.05) is 17.7 Å². The Morgan fingerprint density at radius 2 is 1.97 bits per heavy atom. The molecular weight excluding hydrogens is 493 g/mol. The summed E-state index contributed by atoms with van der Waals surface area (Å²) in [5, 5.41) is 6.58. The summed E-state index contributed by atoms with van der Waals surface area (Å²) in [6.07, 6.45) is 0. The summed E-state index contributed by atoms with van der Waals surface area (Å²) in [6.45, 7) is 10.4. The van der Waals surface area contributed by atoms with Crippen LogP contribution in [0.1, 0.15) is 31.9 Å². The Hall–Kier alpha value is -1.20. The van der Waals surface area contributed by atoms with Crippen LogP contribution in [-0.2, 0) is 11.3 Å². The van der Waals surface area contributed by atoms with E-state index in [1.807, 2.05) is 19.9 Å². The minimum absolute atomic E-state index is 0. The molecule has 6 nitrogen and oxygen atoms in total. The molecule has 29 heavy (non-hydrogen) atoms. The van der Waals surface area contributed by atoms with Crippen LogP contribution < -0.4 is 15.4 Å². The number of aliphatic imine (C=N–C) groups is 1. The van der Waals surface area contributed by atoms with Gasteiger partial charge >= 0.3 is 6.61 Å². The van der Waals surface area contributed by atoms with E-state index >= 15 is 0 Å². The average molecular weight is 526 g/mol. The summed E-state index contributed by atoms with van der Waals surface area (Å²) in [5.41, 5.74) is 1.54. The lowest BCUT2D eigenvalue weighted by Gasteiger charge is -2.41. The molecule has 1 aromatic carbocycles. The number of rotatable bonds is 8. The van der Waals surface area contributed by atoms with Crippen LogP contribution >= 0.6 is 24.0 Å². The second kappa shape index (κ2) is 12.5. The number of morpholine rings is 1. The Labute approximate surface area is 189 Å². The number of ether oxygens (including phenoxy) is 2. The van der Waals surface area contributed by atoms with E-state index in [1.54, 1.807) is 12.1 Å². The molecule has 0 radical (unpaired) electrons. The highest BCUT2D eigenvalue weighted by Gasteiger charge is 2.28. The predicted octanol–water partition coefficient (Wildman–Crippen LogP) is 3.38. The van der Waals surface area contributed by atoms with Gasteiger partial charge in [0.25, 0.3) is 0 Å². The van der Waals surface area contributed by atoms with E-state index in [4.69, 9.17) is 4.74 Å². The summed E-state index contributed by atoms with van der Waals surface area (Å²) in [4.78, 5) is 6.96. The Morgan fingerprint density at radius 3 is 2.59 bits per heavy atom. The molecule has 9 heteroatoms. The molecule has 1 heterocycles. The number of hydrogen-bond donors (Lipinski definition) is 2. The molecular formula is C20H33F2IN4O2. The molecule has 0 amide bonds. The minimum Gasteiger partial charge on any atom is -0.434 e. The van der Waals surface area contributed by atoms with Crippen LogP contribution in [-0.4, -0.2) is 62.4 Å². The van der Waals surface area contributed by atoms with Gasteiger partial charge in [-0.3, -0.25) is 4.90 Å². The predicted molar refractivity (Wildman–Crippen MR) is 123 cm³/mol. The van der Waals surface area contributed by atoms with Gasteiger partial charge in [0.2, 0.25) is 0 Å². The summed E-state index contributed by atoms with van der Waals surface area (Å²) in [5.74, 6) is 0.808. The Kier molecular flexibility index (Phi) is 11.1. The molecule has 2 N–H and O–H groups in total. The van der Waals surface area contributed by atoms with Crippen molar-refractivity contribution in [2.24, 2.45) is 4.99 Å². The summed E-state index contributed by atoms with van der Waals surface area (Å²) in [6, 6.07) is 5.13. The van der Waals surface area contributed by atoms with Crippen molar-refractivity contribution >= 4 is 29.9 Å². The molecule has 1 aliphatic heterocycles. The van der Waals surface area contributed by atoms with Gasteiger partial charge in [-0.2, -0.15) is 8.78 Å². The first-order chi connectivity index (χ1) is 13.3. The van der Waals surface area contributed by atoms with Gasteiger partial charge in [-0.15, -0.1) is 24.0 Å². The third kappa shape index (κ3) is 8.59. The third-order valence-corrected chi connectivity index (χ3v) is 4.74. The number of nitrogens with zero attached hydrogens (tertiary/aromatic N) is 2. The molecule has 1 fully saturated rings. The zero-order valence-electron chi connectivity index (χ0n) is 17.6. The van der Waals surface area contributed by atoms with Gasteiger partial charge in [-0.05, 0) is 33.8 Å². The van der Waals surface area contributed by atoms with E-state index in [-0.39, 0.29) is 41.8 Å². The van der Waals surface area contributed by atoms with Crippen molar-refractivity contribution in [2.75, 3.05) is 39.4 Å². The molecule has 0 bridgehead atoms. The Bertz CT molecular complexity index is 653. The van der Waals surface area contributed by atoms with E-state index in [2.05, 4.69) is 39.1 Å². The fraction of sp³-hybridized carbons (Fsp3) is 0.650. The quantitative estimate of drug-likeness (QED) is 0.309. The Balaban J connectivity index is 0.00000420. The minimum atomic E-state index is -2.86. The molecule has 0 atom stereocenters. The van der Waals surface area contributed by atoms with Gasteiger partial charge in [0.15, 0.2) is 5.96 Å². The van der Waals surface area contributed by atoms with E-state index < -0.39 is 6.61 Å². The SMILES string of the molecule is CCNC(=NCc1cc(C)ccc1OC(F)F)NCC(C)(C)N1CCOCC1.I. The molecule has 0 aromatic heterocycles. The Morgan fingerprint density at radius 1 is 1.28 bits per heavy atom. The van der Waals surface area contributed by atoms with Gasteiger partial charge in [0.1, 0.15) is 5.75 Å². The summed E-state index contributed by atoms with van der Waals surface area (Å²) >= 11 is 0. The van der Waals surface area contributed by atoms with Crippen molar-refractivity contribution in [3.05, 3.63) is 29.3 Å². The maximum atomic E-state index is 12.7. The second-order valence-corrected chi connectivity index (χ2v) is 7.45. The average Bonchev–Trinajstić information content (AvgIpc) is 2.66. The van der Waals surface area contributed by atoms with E-state index in [0.29, 0.717) is 24.6 Å². The van der Waals surface area contributed by atoms with Crippen LogP contribution in [0.4, 0.5) is 8.78 Å². The van der Waals surface area contributed by atoms with Gasteiger partial charge < -0.3 is 20.1 Å². The number of hydrogen-bond acceptors (Lipinski definition) is 4. The van der Waals surface area contributed by atoms with Gasteiger partial charge in [0, 0.05) is 37.3 Å². The second-order valence-electron chi connectivity index (χ2n) is 7.45. The summed E-state index contributed by atoms with van der Waals surface area (Å²) < 4.78 is 35.4. The molecule has 1 saturated heterocycles. The zero-order valence-corrected chi connectivity index (χ0v) is 20.0. The zero-order chi connectivity index (χ0) is 20.6. The van der Waals surface area contributed by atoms with Crippen molar-refractivity contribution in [1.82, 2.24) is 15.5 Å². The first-order valence-corrected chi connectivity index (χ1v) is 9.71. The highest BCUT2D eigenvalue weighted by atomic mass is 127. The van der Waals surface area contributed by atoms with E-state index in [0.717, 1.165) is 31.9 Å². The third-order valence-electron chi connectivity index (χ3n) is 4.74. The van der Waals surface area contributed by atoms with Crippen LogP contribution in [0.15, 0.2) is 23.2 Å². The number of benzene rings is 1. The lowest BCUT2D eigenvalue weighted by atomic mass is 10.0. The number of nitrogens with one attached hydrogen (secondary N) is 2. The molecule has 0 unspecified atom stereocenters. The number of halogens is 3. The highest BCUT2D eigenvalue weighted by molar-refractivity contribution is 14.0. The van der Waals surface area contributed by atoms with E-state index in [9.17, 15) is 8.78 Å². The molecule has 1 aromatic rings. The van der Waals surface area contributed by atoms with Crippen molar-refractivity contribution in [2.45, 2.75) is 46.4 Å². The van der Waals surface area contributed by atoms with Crippen molar-refractivity contribution in [3.63, 3.8) is 0 Å². The number of alkyl halides is 2. The maximum Gasteiger partial charge on any atom is 0.387 e. The van der Waals surface area contributed by atoms with Crippen LogP contribution in [0.5, 0.6) is 5.75 Å². The standard InChI is InChI=1S/C20H32F2N4O2.HI/c1-5-23-19(25-14-20(3,4)26-8-10-27-11-9-26)24-13-16-12-15(2)6-7-17(16)28-18(21)22;/h6-7,12,18H,5,8-11,13-14H2,1-4H3,(H2,23,24,25);1H. The molecule has 1 aliphatic rings. The largest absolute Gasteiger partial charge is 0.434 e. The maximum absolute atomic E-state index is 12.7. The van der Waals surface area contributed by atoms with Crippen molar-refractivity contribution in [1.29, 1.82) is 0 Å². The first kappa shape index (κ1) is 25.8. The molecule has 166 valence electrons. The fourth-order valence-electron chi connectivity index (χ4n) is 3.13. The monoisotopic (exact) mass is 526 g/mol. The van der Waals surface area contributed by atoms with Gasteiger partial charge in [-0.25, -0.2) is 4.99 Å².